The molecule has 0 fully saturated rings. The van der Waals surface area contributed by atoms with Crippen molar-refractivity contribution < 1.29 is 9.59 Å². The Morgan fingerprint density at radius 2 is 1.81 bits per heavy atom. The summed E-state index contributed by atoms with van der Waals surface area (Å²) in [6.07, 6.45) is 0.825. The Balaban J connectivity index is 2.12. The second-order valence-electron chi connectivity index (χ2n) is 7.68. The Morgan fingerprint density at radius 3 is 2.45 bits per heavy atom. The van der Waals surface area contributed by atoms with E-state index in [4.69, 9.17) is 23.2 Å². The van der Waals surface area contributed by atoms with Gasteiger partial charge in [0.2, 0.25) is 11.8 Å². The fourth-order valence-electron chi connectivity index (χ4n) is 2.99. The quantitative estimate of drug-likeness (QED) is 0.462. The van der Waals surface area contributed by atoms with Crippen molar-refractivity contribution >= 4 is 46.8 Å². The molecule has 0 spiro atoms. The zero-order valence-electron chi connectivity index (χ0n) is 18.5. The Kier molecular flexibility index (Phi) is 10.2. The number of carbonyl (C=O) groups is 2. The molecule has 2 aromatic carbocycles. The summed E-state index contributed by atoms with van der Waals surface area (Å²) in [7, 11) is 0. The van der Waals surface area contributed by atoms with E-state index in [2.05, 4.69) is 24.4 Å². The van der Waals surface area contributed by atoms with Crippen molar-refractivity contribution in [2.75, 3.05) is 5.75 Å². The average Bonchev–Trinajstić information content (AvgIpc) is 2.75. The molecule has 0 saturated carbocycles. The van der Waals surface area contributed by atoms with E-state index in [0.717, 1.165) is 17.7 Å². The molecule has 4 nitrogen and oxygen atoms in total. The highest BCUT2D eigenvalue weighted by molar-refractivity contribution is 7.99. The highest BCUT2D eigenvalue weighted by atomic mass is 35.5. The third-order valence-corrected chi connectivity index (χ3v) is 6.95. The highest BCUT2D eigenvalue weighted by Crippen LogP contribution is 2.24. The Labute approximate surface area is 199 Å². The van der Waals surface area contributed by atoms with Gasteiger partial charge >= 0.3 is 0 Å². The minimum absolute atomic E-state index is 0.0484. The van der Waals surface area contributed by atoms with E-state index in [0.29, 0.717) is 10.0 Å². The minimum atomic E-state index is -0.602. The van der Waals surface area contributed by atoms with Crippen LogP contribution in [0.15, 0.2) is 42.5 Å². The van der Waals surface area contributed by atoms with Gasteiger partial charge in [0.05, 0.1) is 15.8 Å². The molecule has 0 heterocycles. The smallest absolute Gasteiger partial charge is 0.242 e. The zero-order valence-corrected chi connectivity index (χ0v) is 20.8. The van der Waals surface area contributed by atoms with Gasteiger partial charge in [0, 0.05) is 18.3 Å². The fourth-order valence-corrected chi connectivity index (χ4v) is 4.29. The average molecular weight is 481 g/mol. The van der Waals surface area contributed by atoms with Crippen LogP contribution in [0.25, 0.3) is 0 Å². The van der Waals surface area contributed by atoms with Crippen LogP contribution in [0.4, 0.5) is 0 Å². The standard InChI is InChI=1S/C24H30Cl2N2O2S/c1-5-17(3)27-24(30)18(4)28(13-19-10-11-21(25)22(26)12-19)23(29)15-31-14-20-9-7-6-8-16(20)2/h6-12,17-18H,5,13-15H2,1-4H3,(H,27,30)/t17-,18+/m0/s1. The zero-order chi connectivity index (χ0) is 23.0. The monoisotopic (exact) mass is 480 g/mol. The molecule has 168 valence electrons. The van der Waals surface area contributed by atoms with Crippen LogP contribution in [0.3, 0.4) is 0 Å². The minimum Gasteiger partial charge on any atom is -0.352 e. The van der Waals surface area contributed by atoms with Crippen molar-refractivity contribution in [3.8, 4) is 0 Å². The number of carbonyl (C=O) groups excluding carboxylic acids is 2. The van der Waals surface area contributed by atoms with Gasteiger partial charge in [-0.05, 0) is 56.0 Å². The molecule has 0 aliphatic heterocycles. The molecule has 0 unspecified atom stereocenters. The molecule has 0 bridgehead atoms. The molecule has 2 atom stereocenters. The number of thioether (sulfide) groups is 1. The SMILES string of the molecule is CC[C@H](C)NC(=O)[C@@H](C)N(Cc1ccc(Cl)c(Cl)c1)C(=O)CSCc1ccccc1C. The second-order valence-corrected chi connectivity index (χ2v) is 9.48. The lowest BCUT2D eigenvalue weighted by Gasteiger charge is -2.29. The molecule has 0 aromatic heterocycles. The first-order chi connectivity index (χ1) is 14.7. The second kappa shape index (κ2) is 12.4. The molecule has 0 aliphatic carbocycles. The summed E-state index contributed by atoms with van der Waals surface area (Å²) in [5, 5.41) is 3.86. The number of hydrogen-bond acceptors (Lipinski definition) is 3. The molecule has 7 heteroatoms. The summed E-state index contributed by atoms with van der Waals surface area (Å²) in [5.41, 5.74) is 3.24. The topological polar surface area (TPSA) is 49.4 Å². The molecule has 1 N–H and O–H groups in total. The largest absolute Gasteiger partial charge is 0.352 e. The number of hydrogen-bond donors (Lipinski definition) is 1. The van der Waals surface area contributed by atoms with Crippen LogP contribution in [0.5, 0.6) is 0 Å². The molecule has 0 aliphatic rings. The van der Waals surface area contributed by atoms with E-state index in [1.54, 1.807) is 35.7 Å². The van der Waals surface area contributed by atoms with E-state index in [-0.39, 0.29) is 30.2 Å². The Bertz CT molecular complexity index is 907. The van der Waals surface area contributed by atoms with Gasteiger partial charge in [-0.2, -0.15) is 0 Å². The van der Waals surface area contributed by atoms with Crippen molar-refractivity contribution in [1.82, 2.24) is 10.2 Å². The molecule has 2 amide bonds. The van der Waals surface area contributed by atoms with Crippen LogP contribution in [0, 0.1) is 6.92 Å². The van der Waals surface area contributed by atoms with Crippen molar-refractivity contribution in [3.63, 3.8) is 0 Å². The number of nitrogens with zero attached hydrogens (tertiary/aromatic N) is 1. The lowest BCUT2D eigenvalue weighted by atomic mass is 10.1. The summed E-state index contributed by atoms with van der Waals surface area (Å²) >= 11 is 13.7. The Hall–Kier alpha value is -1.69. The normalized spacial score (nSPS) is 12.8. The van der Waals surface area contributed by atoms with Gasteiger partial charge in [0.15, 0.2) is 0 Å². The number of nitrogens with one attached hydrogen (secondary N) is 1. The van der Waals surface area contributed by atoms with E-state index >= 15 is 0 Å². The van der Waals surface area contributed by atoms with Crippen molar-refractivity contribution in [3.05, 3.63) is 69.2 Å². The van der Waals surface area contributed by atoms with E-state index < -0.39 is 6.04 Å². The third-order valence-electron chi connectivity index (χ3n) is 5.25. The van der Waals surface area contributed by atoms with Crippen LogP contribution in [0.1, 0.15) is 43.9 Å². The summed E-state index contributed by atoms with van der Waals surface area (Å²) in [4.78, 5) is 27.5. The first-order valence-corrected chi connectivity index (χ1v) is 12.3. The van der Waals surface area contributed by atoms with Gasteiger partial charge < -0.3 is 10.2 Å². The van der Waals surface area contributed by atoms with Crippen molar-refractivity contribution in [2.45, 2.75) is 58.5 Å². The van der Waals surface area contributed by atoms with Crippen molar-refractivity contribution in [1.29, 1.82) is 0 Å². The van der Waals surface area contributed by atoms with Crippen LogP contribution in [0.2, 0.25) is 10.0 Å². The number of amides is 2. The number of rotatable bonds is 10. The molecule has 2 rings (SSSR count). The fraction of sp³-hybridized carbons (Fsp3) is 0.417. The van der Waals surface area contributed by atoms with Gasteiger partial charge in [-0.15, -0.1) is 11.8 Å². The molecule has 2 aromatic rings. The lowest BCUT2D eigenvalue weighted by molar-refractivity contribution is -0.138. The number of aryl methyl sites for hydroxylation is 1. The van der Waals surface area contributed by atoms with Crippen LogP contribution in [-0.2, 0) is 21.9 Å². The first kappa shape index (κ1) is 25.6. The van der Waals surface area contributed by atoms with Crippen LogP contribution >= 0.6 is 35.0 Å². The van der Waals surface area contributed by atoms with Crippen LogP contribution < -0.4 is 5.32 Å². The van der Waals surface area contributed by atoms with Gasteiger partial charge in [0.25, 0.3) is 0 Å². The molecule has 31 heavy (non-hydrogen) atoms. The Morgan fingerprint density at radius 1 is 1.10 bits per heavy atom. The van der Waals surface area contributed by atoms with E-state index in [1.807, 2.05) is 32.0 Å². The molecular formula is C24H30Cl2N2O2S. The van der Waals surface area contributed by atoms with Gasteiger partial charge in [-0.1, -0.05) is 60.5 Å². The summed E-state index contributed by atoms with van der Waals surface area (Å²) < 4.78 is 0. The summed E-state index contributed by atoms with van der Waals surface area (Å²) in [6.45, 7) is 8.08. The van der Waals surface area contributed by atoms with Gasteiger partial charge in [0.1, 0.15) is 6.04 Å². The molecule has 0 saturated heterocycles. The van der Waals surface area contributed by atoms with Gasteiger partial charge in [-0.25, -0.2) is 0 Å². The first-order valence-electron chi connectivity index (χ1n) is 10.4. The lowest BCUT2D eigenvalue weighted by Crippen LogP contribution is -2.50. The van der Waals surface area contributed by atoms with E-state index in [9.17, 15) is 9.59 Å². The number of benzene rings is 2. The summed E-state index contributed by atoms with van der Waals surface area (Å²) in [5.74, 6) is 0.784. The predicted molar refractivity (Wildman–Crippen MR) is 132 cm³/mol. The van der Waals surface area contributed by atoms with Crippen molar-refractivity contribution in [2.24, 2.45) is 0 Å². The molecule has 0 radical (unpaired) electrons. The predicted octanol–water partition coefficient (Wildman–Crippen LogP) is 5.87. The third kappa shape index (κ3) is 7.74. The maximum Gasteiger partial charge on any atom is 0.242 e. The molecular weight excluding hydrogens is 451 g/mol. The van der Waals surface area contributed by atoms with Crippen LogP contribution in [-0.4, -0.2) is 34.6 Å². The maximum atomic E-state index is 13.1. The highest BCUT2D eigenvalue weighted by Gasteiger charge is 2.26. The number of halogens is 2. The summed E-state index contributed by atoms with van der Waals surface area (Å²) in [6, 6.07) is 12.9. The van der Waals surface area contributed by atoms with Gasteiger partial charge in [-0.3, -0.25) is 9.59 Å². The van der Waals surface area contributed by atoms with E-state index in [1.165, 1.54) is 11.1 Å². The maximum absolute atomic E-state index is 13.1.